The molecule has 0 saturated carbocycles. The predicted octanol–water partition coefficient (Wildman–Crippen LogP) is 3.14. The molecular formula is C11H8BrNO4S. The molecule has 0 spiro atoms. The second-order valence-corrected chi connectivity index (χ2v) is 5.63. The number of anilines is 1. The van der Waals surface area contributed by atoms with Gasteiger partial charge in [0.25, 0.3) is 5.91 Å². The quantitative estimate of drug-likeness (QED) is 0.878. The van der Waals surface area contributed by atoms with E-state index in [-0.39, 0.29) is 5.91 Å². The molecule has 94 valence electrons. The van der Waals surface area contributed by atoms with Gasteiger partial charge in [-0.2, -0.15) is 0 Å². The fraction of sp³-hybridized carbons (Fsp3) is 0.0909. The molecule has 0 aromatic carbocycles. The van der Waals surface area contributed by atoms with Gasteiger partial charge in [-0.05, 0) is 28.1 Å². The minimum Gasteiger partial charge on any atom is -0.472 e. The van der Waals surface area contributed by atoms with Gasteiger partial charge in [0, 0.05) is 0 Å². The van der Waals surface area contributed by atoms with Crippen LogP contribution in [0.3, 0.4) is 0 Å². The van der Waals surface area contributed by atoms with Gasteiger partial charge in [-0.1, -0.05) is 0 Å². The summed E-state index contributed by atoms with van der Waals surface area (Å²) < 4.78 is 10.1. The molecule has 1 amide bonds. The minimum absolute atomic E-state index is 0.307. The zero-order valence-electron chi connectivity index (χ0n) is 9.23. The second-order valence-electron chi connectivity index (χ2n) is 3.26. The lowest BCUT2D eigenvalue weighted by Gasteiger charge is -2.00. The van der Waals surface area contributed by atoms with E-state index < -0.39 is 5.97 Å². The van der Waals surface area contributed by atoms with Crippen molar-refractivity contribution in [2.24, 2.45) is 0 Å². The van der Waals surface area contributed by atoms with Crippen molar-refractivity contribution in [3.05, 3.63) is 38.9 Å². The molecule has 5 nitrogen and oxygen atoms in total. The number of nitrogens with one attached hydrogen (secondary N) is 1. The normalized spacial score (nSPS) is 10.1. The van der Waals surface area contributed by atoms with E-state index in [1.807, 2.05) is 0 Å². The van der Waals surface area contributed by atoms with Gasteiger partial charge in [-0.25, -0.2) is 4.79 Å². The Morgan fingerprint density at radius 1 is 1.50 bits per heavy atom. The van der Waals surface area contributed by atoms with E-state index in [2.05, 4.69) is 26.0 Å². The maximum Gasteiger partial charge on any atom is 0.348 e. The highest BCUT2D eigenvalue weighted by molar-refractivity contribution is 9.11. The number of esters is 1. The molecule has 2 heterocycles. The molecule has 0 atom stereocenters. The van der Waals surface area contributed by atoms with Crippen molar-refractivity contribution in [3.63, 3.8) is 0 Å². The van der Waals surface area contributed by atoms with Crippen molar-refractivity contribution < 1.29 is 18.7 Å². The lowest BCUT2D eigenvalue weighted by atomic mass is 10.3. The SMILES string of the molecule is COC(=O)c1cc(NC(=O)c2ccoc2)c(Br)s1. The summed E-state index contributed by atoms with van der Waals surface area (Å²) in [5.74, 6) is -0.747. The standard InChI is InChI=1S/C11H8BrNO4S/c1-16-11(15)8-4-7(9(12)18-8)13-10(14)6-2-3-17-5-6/h2-5H,1H3,(H,13,14). The summed E-state index contributed by atoms with van der Waals surface area (Å²) in [5, 5.41) is 2.67. The number of carbonyl (C=O) groups is 2. The summed E-state index contributed by atoms with van der Waals surface area (Å²) in [5.41, 5.74) is 0.930. The third kappa shape index (κ3) is 2.62. The number of hydrogen-bond donors (Lipinski definition) is 1. The Balaban J connectivity index is 2.17. The molecule has 2 aromatic rings. The van der Waals surface area contributed by atoms with Gasteiger partial charge in [0.05, 0.1) is 28.4 Å². The molecule has 2 rings (SSSR count). The number of amides is 1. The third-order valence-electron chi connectivity index (χ3n) is 2.10. The van der Waals surface area contributed by atoms with E-state index in [1.165, 1.54) is 31.0 Å². The first-order valence-corrected chi connectivity index (χ1v) is 6.44. The topological polar surface area (TPSA) is 68.5 Å². The van der Waals surface area contributed by atoms with Gasteiger partial charge in [0.1, 0.15) is 11.1 Å². The number of rotatable bonds is 3. The number of thiophene rings is 1. The fourth-order valence-corrected chi connectivity index (χ4v) is 2.74. The van der Waals surface area contributed by atoms with E-state index in [1.54, 1.807) is 12.1 Å². The van der Waals surface area contributed by atoms with Crippen molar-refractivity contribution in [1.29, 1.82) is 0 Å². The first-order chi connectivity index (χ1) is 8.61. The number of carbonyl (C=O) groups excluding carboxylic acids is 2. The van der Waals surface area contributed by atoms with Crippen LogP contribution in [0.15, 0.2) is 32.9 Å². The minimum atomic E-state index is -0.440. The lowest BCUT2D eigenvalue weighted by molar-refractivity contribution is 0.0606. The van der Waals surface area contributed by atoms with E-state index in [0.29, 0.717) is 19.9 Å². The monoisotopic (exact) mass is 329 g/mol. The van der Waals surface area contributed by atoms with Crippen LogP contribution < -0.4 is 5.32 Å². The van der Waals surface area contributed by atoms with Crippen molar-refractivity contribution in [1.82, 2.24) is 0 Å². The Kier molecular flexibility index (Phi) is 3.83. The average Bonchev–Trinajstić information content (AvgIpc) is 2.99. The zero-order valence-corrected chi connectivity index (χ0v) is 11.6. The summed E-state index contributed by atoms with van der Waals surface area (Å²) in [7, 11) is 1.31. The lowest BCUT2D eigenvalue weighted by Crippen LogP contribution is -2.10. The molecule has 0 fully saturated rings. The average molecular weight is 330 g/mol. The predicted molar refractivity (Wildman–Crippen MR) is 70.0 cm³/mol. The first kappa shape index (κ1) is 12.8. The Bertz CT molecular complexity index is 576. The Hall–Kier alpha value is -1.60. The Morgan fingerprint density at radius 3 is 2.89 bits per heavy atom. The van der Waals surface area contributed by atoms with Gasteiger partial charge in [-0.15, -0.1) is 11.3 Å². The van der Waals surface area contributed by atoms with Crippen LogP contribution in [0.5, 0.6) is 0 Å². The maximum atomic E-state index is 11.8. The summed E-state index contributed by atoms with van der Waals surface area (Å²) in [6.45, 7) is 0. The smallest absolute Gasteiger partial charge is 0.348 e. The van der Waals surface area contributed by atoms with Gasteiger partial charge in [0.15, 0.2) is 0 Å². The van der Waals surface area contributed by atoms with Crippen molar-refractivity contribution in [3.8, 4) is 0 Å². The van der Waals surface area contributed by atoms with Crippen LogP contribution in [-0.4, -0.2) is 19.0 Å². The Labute approximate surface area is 115 Å². The maximum absolute atomic E-state index is 11.8. The van der Waals surface area contributed by atoms with Gasteiger partial charge in [0.2, 0.25) is 0 Å². The van der Waals surface area contributed by atoms with Gasteiger partial charge >= 0.3 is 5.97 Å². The number of methoxy groups -OCH3 is 1. The van der Waals surface area contributed by atoms with Gasteiger partial charge < -0.3 is 14.5 Å². The molecule has 7 heteroatoms. The first-order valence-electron chi connectivity index (χ1n) is 4.83. The second kappa shape index (κ2) is 5.36. The van der Waals surface area contributed by atoms with E-state index in [4.69, 9.17) is 4.42 Å². The largest absolute Gasteiger partial charge is 0.472 e. The van der Waals surface area contributed by atoms with E-state index >= 15 is 0 Å². The molecule has 0 saturated heterocycles. The summed E-state index contributed by atoms with van der Waals surface area (Å²) >= 11 is 4.47. The van der Waals surface area contributed by atoms with Gasteiger partial charge in [-0.3, -0.25) is 4.79 Å². The summed E-state index contributed by atoms with van der Waals surface area (Å²) in [6.07, 6.45) is 2.76. The highest BCUT2D eigenvalue weighted by Crippen LogP contribution is 2.33. The van der Waals surface area contributed by atoms with Crippen LogP contribution in [-0.2, 0) is 4.74 Å². The molecule has 0 radical (unpaired) electrons. The van der Waals surface area contributed by atoms with Crippen LogP contribution in [0, 0.1) is 0 Å². The molecular weight excluding hydrogens is 322 g/mol. The van der Waals surface area contributed by atoms with Crippen LogP contribution in [0.4, 0.5) is 5.69 Å². The zero-order chi connectivity index (χ0) is 13.1. The van der Waals surface area contributed by atoms with E-state index in [9.17, 15) is 9.59 Å². The van der Waals surface area contributed by atoms with Crippen LogP contribution in [0.25, 0.3) is 0 Å². The van der Waals surface area contributed by atoms with Crippen LogP contribution in [0.2, 0.25) is 0 Å². The molecule has 0 aliphatic rings. The molecule has 1 N–H and O–H groups in total. The number of furan rings is 1. The molecule has 0 aliphatic carbocycles. The summed E-state index contributed by atoms with van der Waals surface area (Å²) in [6, 6.07) is 3.11. The number of ether oxygens (including phenoxy) is 1. The molecule has 2 aromatic heterocycles. The van der Waals surface area contributed by atoms with Crippen molar-refractivity contribution in [2.45, 2.75) is 0 Å². The van der Waals surface area contributed by atoms with Crippen molar-refractivity contribution >= 4 is 44.8 Å². The Morgan fingerprint density at radius 2 is 2.28 bits per heavy atom. The highest BCUT2D eigenvalue weighted by atomic mass is 79.9. The summed E-state index contributed by atoms with van der Waals surface area (Å²) in [4.78, 5) is 23.5. The van der Waals surface area contributed by atoms with Crippen molar-refractivity contribution in [2.75, 3.05) is 12.4 Å². The number of hydrogen-bond acceptors (Lipinski definition) is 5. The fourth-order valence-electron chi connectivity index (χ4n) is 1.24. The molecule has 18 heavy (non-hydrogen) atoms. The van der Waals surface area contributed by atoms with Crippen LogP contribution in [0.1, 0.15) is 20.0 Å². The van der Waals surface area contributed by atoms with E-state index in [0.717, 1.165) is 0 Å². The van der Waals surface area contributed by atoms with Crippen LogP contribution >= 0.6 is 27.3 Å². The molecule has 0 bridgehead atoms. The number of halogens is 1. The third-order valence-corrected chi connectivity index (χ3v) is 3.92. The molecule has 0 unspecified atom stereocenters. The molecule has 0 aliphatic heterocycles. The highest BCUT2D eigenvalue weighted by Gasteiger charge is 2.16.